The number of nitrogens with one attached hydrogen (secondary N) is 2. The Morgan fingerprint density at radius 1 is 1.12 bits per heavy atom. The first-order valence-electron chi connectivity index (χ1n) is 9.20. The number of rotatable bonds is 6. The van der Waals surface area contributed by atoms with Crippen LogP contribution in [0, 0.1) is 11.8 Å². The fraction of sp³-hybridized carbons (Fsp3) is 0.889. The molecule has 0 aromatic rings. The monoisotopic (exact) mass is 380 g/mol. The van der Waals surface area contributed by atoms with Gasteiger partial charge in [0.05, 0.1) is 5.92 Å². The summed E-state index contributed by atoms with van der Waals surface area (Å²) in [5, 5.41) is 5.08. The van der Waals surface area contributed by atoms with Crippen molar-refractivity contribution in [2.45, 2.75) is 83.5 Å². The third-order valence-corrected chi connectivity index (χ3v) is 4.67. The second-order valence-electron chi connectivity index (χ2n) is 8.00. The molecule has 0 radical (unpaired) electrons. The number of carbonyl (C=O) groups excluding carboxylic acids is 2. The van der Waals surface area contributed by atoms with Gasteiger partial charge in [0.15, 0.2) is 0 Å². The summed E-state index contributed by atoms with van der Waals surface area (Å²) in [6, 6.07) is -0.707. The van der Waals surface area contributed by atoms with Crippen molar-refractivity contribution in [1.29, 1.82) is 0 Å². The minimum absolute atomic E-state index is 0.184. The molecule has 5 nitrogen and oxygen atoms in total. The number of alkyl halides is 3. The Bertz CT molecular complexity index is 467. The summed E-state index contributed by atoms with van der Waals surface area (Å²) in [7, 11) is 1.49. The minimum atomic E-state index is -4.09. The average molecular weight is 380 g/mol. The molecule has 26 heavy (non-hydrogen) atoms. The molecule has 0 aromatic heterocycles. The molecule has 2 amide bonds. The van der Waals surface area contributed by atoms with Crippen LogP contribution in [0.2, 0.25) is 0 Å². The summed E-state index contributed by atoms with van der Waals surface area (Å²) >= 11 is 0. The molecular formula is C18H31F3N2O3. The molecule has 0 spiro atoms. The van der Waals surface area contributed by atoms with Crippen molar-refractivity contribution in [3.05, 3.63) is 0 Å². The summed E-state index contributed by atoms with van der Waals surface area (Å²) < 4.78 is 43.3. The number of hydrogen-bond donors (Lipinski definition) is 2. The van der Waals surface area contributed by atoms with Gasteiger partial charge in [0, 0.05) is 7.05 Å². The number of hydrogen-bond acceptors (Lipinski definition) is 3. The number of likely N-dealkylation sites (N-methyl/N-ethyl adjacent to an activating group) is 1. The lowest BCUT2D eigenvalue weighted by Gasteiger charge is -2.30. The maximum atomic E-state index is 12.7. The van der Waals surface area contributed by atoms with Crippen LogP contribution in [0.15, 0.2) is 0 Å². The van der Waals surface area contributed by atoms with E-state index < -0.39 is 29.8 Å². The molecule has 0 heterocycles. The van der Waals surface area contributed by atoms with Crippen molar-refractivity contribution >= 4 is 12.0 Å². The Morgan fingerprint density at radius 3 is 2.15 bits per heavy atom. The molecule has 0 bridgehead atoms. The SMILES string of the molecule is CNC(=O)C(CCCC1CCC(C(F)(F)F)CC1)NC(=O)OC(C)(C)C. The van der Waals surface area contributed by atoms with Crippen LogP contribution < -0.4 is 10.6 Å². The van der Waals surface area contributed by atoms with Crippen molar-refractivity contribution in [1.82, 2.24) is 10.6 Å². The van der Waals surface area contributed by atoms with E-state index in [1.165, 1.54) is 7.05 Å². The molecule has 8 heteroatoms. The van der Waals surface area contributed by atoms with Crippen molar-refractivity contribution in [3.8, 4) is 0 Å². The van der Waals surface area contributed by atoms with E-state index in [4.69, 9.17) is 4.74 Å². The fourth-order valence-electron chi connectivity index (χ4n) is 3.28. The quantitative estimate of drug-likeness (QED) is 0.727. The van der Waals surface area contributed by atoms with Crippen LogP contribution in [0.1, 0.15) is 65.7 Å². The zero-order valence-electron chi connectivity index (χ0n) is 16.0. The normalized spacial score (nSPS) is 22.4. The number of carbonyl (C=O) groups is 2. The lowest BCUT2D eigenvalue weighted by molar-refractivity contribution is -0.184. The molecule has 1 fully saturated rings. The molecule has 0 saturated heterocycles. The molecule has 0 aromatic carbocycles. The third kappa shape index (κ3) is 8.27. The van der Waals surface area contributed by atoms with E-state index in [-0.39, 0.29) is 24.7 Å². The van der Waals surface area contributed by atoms with Crippen LogP contribution in [0.4, 0.5) is 18.0 Å². The summed E-state index contributed by atoms with van der Waals surface area (Å²) in [5.41, 5.74) is -0.658. The minimum Gasteiger partial charge on any atom is -0.444 e. The van der Waals surface area contributed by atoms with Crippen molar-refractivity contribution in [2.75, 3.05) is 7.05 Å². The van der Waals surface area contributed by atoms with Gasteiger partial charge in [0.25, 0.3) is 0 Å². The molecule has 1 unspecified atom stereocenters. The highest BCUT2D eigenvalue weighted by atomic mass is 19.4. The maximum Gasteiger partial charge on any atom is 0.408 e. The Balaban J connectivity index is 2.41. The van der Waals surface area contributed by atoms with Gasteiger partial charge in [-0.2, -0.15) is 13.2 Å². The highest BCUT2D eigenvalue weighted by Crippen LogP contribution is 2.40. The maximum absolute atomic E-state index is 12.7. The van der Waals surface area contributed by atoms with Crippen molar-refractivity contribution in [2.24, 2.45) is 11.8 Å². The van der Waals surface area contributed by atoms with Crippen molar-refractivity contribution in [3.63, 3.8) is 0 Å². The van der Waals surface area contributed by atoms with E-state index in [9.17, 15) is 22.8 Å². The van der Waals surface area contributed by atoms with E-state index in [0.29, 0.717) is 25.7 Å². The highest BCUT2D eigenvalue weighted by molar-refractivity contribution is 5.85. The van der Waals surface area contributed by atoms with Gasteiger partial charge >= 0.3 is 12.3 Å². The standard InChI is InChI=1S/C18H31F3N2O3/c1-17(2,3)26-16(25)23-14(15(24)22-4)7-5-6-12-8-10-13(11-9-12)18(19,20)21/h12-14H,5-11H2,1-4H3,(H,22,24)(H,23,25). The second-order valence-corrected chi connectivity index (χ2v) is 8.00. The molecule has 2 N–H and O–H groups in total. The Kier molecular flexibility index (Phi) is 8.21. The largest absolute Gasteiger partial charge is 0.444 e. The Labute approximate surface area is 153 Å². The van der Waals surface area contributed by atoms with E-state index in [1.807, 2.05) is 0 Å². The van der Waals surface area contributed by atoms with Crippen LogP contribution in [-0.4, -0.2) is 36.9 Å². The van der Waals surface area contributed by atoms with Crippen LogP contribution in [-0.2, 0) is 9.53 Å². The second kappa shape index (κ2) is 9.46. The zero-order valence-corrected chi connectivity index (χ0v) is 16.0. The Hall–Kier alpha value is -1.47. The average Bonchev–Trinajstić information content (AvgIpc) is 2.51. The van der Waals surface area contributed by atoms with Gasteiger partial charge in [0.2, 0.25) is 5.91 Å². The topological polar surface area (TPSA) is 67.4 Å². The molecular weight excluding hydrogens is 349 g/mol. The van der Waals surface area contributed by atoms with E-state index in [2.05, 4.69) is 10.6 Å². The van der Waals surface area contributed by atoms with Crippen LogP contribution in [0.3, 0.4) is 0 Å². The van der Waals surface area contributed by atoms with Gasteiger partial charge in [-0.1, -0.05) is 12.8 Å². The Morgan fingerprint density at radius 2 is 1.69 bits per heavy atom. The number of amides is 2. The molecule has 1 rings (SSSR count). The van der Waals surface area contributed by atoms with Crippen molar-refractivity contribution < 1.29 is 27.5 Å². The van der Waals surface area contributed by atoms with E-state index in [0.717, 1.165) is 6.42 Å². The molecule has 152 valence electrons. The first kappa shape index (κ1) is 22.6. The van der Waals surface area contributed by atoms with Crippen LogP contribution >= 0.6 is 0 Å². The number of ether oxygens (including phenoxy) is 1. The predicted molar refractivity (Wildman–Crippen MR) is 92.6 cm³/mol. The van der Waals surface area contributed by atoms with E-state index in [1.54, 1.807) is 20.8 Å². The molecule has 1 aliphatic rings. The number of alkyl carbamates (subject to hydrolysis) is 1. The van der Waals surface area contributed by atoms with Gasteiger partial charge in [-0.25, -0.2) is 4.79 Å². The van der Waals surface area contributed by atoms with Gasteiger partial charge in [-0.05, 0) is 58.8 Å². The van der Waals surface area contributed by atoms with Gasteiger partial charge in [-0.15, -0.1) is 0 Å². The number of halogens is 3. The van der Waals surface area contributed by atoms with E-state index >= 15 is 0 Å². The first-order chi connectivity index (χ1) is 11.9. The summed E-state index contributed by atoms with van der Waals surface area (Å²) in [6.07, 6.45) is -1.40. The van der Waals surface area contributed by atoms with Crippen LogP contribution in [0.5, 0.6) is 0 Å². The highest BCUT2D eigenvalue weighted by Gasteiger charge is 2.41. The van der Waals surface area contributed by atoms with Crippen LogP contribution in [0.25, 0.3) is 0 Å². The first-order valence-corrected chi connectivity index (χ1v) is 9.20. The van der Waals surface area contributed by atoms with Gasteiger partial charge in [-0.3, -0.25) is 4.79 Å². The molecule has 1 atom stereocenters. The predicted octanol–water partition coefficient (Wildman–Crippen LogP) is 4.16. The van der Waals surface area contributed by atoms with Gasteiger partial charge < -0.3 is 15.4 Å². The third-order valence-electron chi connectivity index (χ3n) is 4.67. The summed E-state index contributed by atoms with van der Waals surface area (Å²) in [4.78, 5) is 23.8. The summed E-state index contributed by atoms with van der Waals surface area (Å²) in [6.45, 7) is 5.20. The molecule has 1 saturated carbocycles. The molecule has 0 aliphatic heterocycles. The molecule has 1 aliphatic carbocycles. The zero-order chi connectivity index (χ0) is 20.0. The van der Waals surface area contributed by atoms with Gasteiger partial charge in [0.1, 0.15) is 11.6 Å². The lowest BCUT2D eigenvalue weighted by Crippen LogP contribution is -2.47. The fourth-order valence-corrected chi connectivity index (χ4v) is 3.28. The lowest BCUT2D eigenvalue weighted by atomic mass is 9.79. The smallest absolute Gasteiger partial charge is 0.408 e. The summed E-state index contributed by atoms with van der Waals surface area (Å²) in [5.74, 6) is -1.23.